The van der Waals surface area contributed by atoms with Gasteiger partial charge in [-0.3, -0.25) is 0 Å². The van der Waals surface area contributed by atoms with Crippen LogP contribution in [0.1, 0.15) is 47.6 Å². The van der Waals surface area contributed by atoms with Crippen molar-refractivity contribution in [3.63, 3.8) is 0 Å². The van der Waals surface area contributed by atoms with Crippen molar-refractivity contribution < 1.29 is 9.90 Å². The van der Waals surface area contributed by atoms with Crippen molar-refractivity contribution in [2.45, 2.75) is 33.1 Å². The van der Waals surface area contributed by atoms with E-state index in [0.29, 0.717) is 15.7 Å². The van der Waals surface area contributed by atoms with Gasteiger partial charge in [0.05, 0.1) is 5.69 Å². The number of carboxylic acid groups (broad SMARTS) is 1. The largest absolute Gasteiger partial charge is 0.477 e. The average molecular weight is 304 g/mol. The molecule has 1 N–H and O–H groups in total. The Bertz CT molecular complexity index is 632. The maximum absolute atomic E-state index is 11.3. The van der Waals surface area contributed by atoms with Crippen molar-refractivity contribution in [2.75, 3.05) is 11.9 Å². The van der Waals surface area contributed by atoms with Crippen LogP contribution in [0, 0.1) is 0 Å². The average Bonchev–Trinajstić information content (AvgIpc) is 2.92. The summed E-state index contributed by atoms with van der Waals surface area (Å²) in [7, 11) is 1.91. The van der Waals surface area contributed by atoms with E-state index >= 15 is 0 Å². The number of carboxylic acids is 1. The van der Waals surface area contributed by atoms with Crippen molar-refractivity contribution >= 4 is 28.1 Å². The van der Waals surface area contributed by atoms with Crippen LogP contribution in [0.25, 0.3) is 0 Å². The Labute approximate surface area is 129 Å². The molecule has 1 aromatic carbocycles. The molecule has 0 unspecified atom stereocenters. The Kier molecular flexibility index (Phi) is 4.63. The second-order valence-electron chi connectivity index (χ2n) is 5.25. The molecular formula is C16H20N2O2S. The van der Waals surface area contributed by atoms with E-state index in [1.54, 1.807) is 0 Å². The lowest BCUT2D eigenvalue weighted by Crippen LogP contribution is -2.09. The first-order chi connectivity index (χ1) is 9.93. The zero-order valence-corrected chi connectivity index (χ0v) is 13.6. The molecule has 0 saturated heterocycles. The van der Waals surface area contributed by atoms with Crippen molar-refractivity contribution in [1.82, 2.24) is 4.98 Å². The van der Waals surface area contributed by atoms with E-state index in [1.807, 2.05) is 37.9 Å². The normalized spacial score (nSPS) is 10.9. The van der Waals surface area contributed by atoms with Crippen LogP contribution < -0.4 is 4.90 Å². The molecule has 0 fully saturated rings. The fourth-order valence-electron chi connectivity index (χ4n) is 2.07. The number of aryl methyl sites for hydroxylation is 1. The molecule has 1 heterocycles. The molecule has 0 radical (unpaired) electrons. The van der Waals surface area contributed by atoms with Gasteiger partial charge in [0.25, 0.3) is 0 Å². The van der Waals surface area contributed by atoms with Gasteiger partial charge in [-0.1, -0.05) is 44.2 Å². The van der Waals surface area contributed by atoms with Crippen LogP contribution in [-0.4, -0.2) is 23.1 Å². The molecule has 0 saturated carbocycles. The Balaban J connectivity index is 2.36. The molecule has 21 heavy (non-hydrogen) atoms. The van der Waals surface area contributed by atoms with E-state index in [-0.39, 0.29) is 5.92 Å². The molecule has 0 spiro atoms. The first-order valence-electron chi connectivity index (χ1n) is 7.00. The van der Waals surface area contributed by atoms with Crippen LogP contribution in [-0.2, 0) is 6.42 Å². The summed E-state index contributed by atoms with van der Waals surface area (Å²) in [6.07, 6.45) is 1.00. The molecule has 4 nitrogen and oxygen atoms in total. The number of hydrogen-bond acceptors (Lipinski definition) is 4. The van der Waals surface area contributed by atoms with Gasteiger partial charge in [0.2, 0.25) is 0 Å². The number of aromatic carboxylic acids is 1. The topological polar surface area (TPSA) is 53.4 Å². The van der Waals surface area contributed by atoms with Gasteiger partial charge in [0, 0.05) is 12.7 Å². The molecule has 0 bridgehead atoms. The second kappa shape index (κ2) is 6.26. The summed E-state index contributed by atoms with van der Waals surface area (Å²) in [5.74, 6) is -0.811. The third-order valence-corrected chi connectivity index (χ3v) is 4.54. The standard InChI is InChI=1S/C16H20N2O2S/c1-5-11-6-8-12(9-7-11)18(4)16-17-13(10(2)3)14(21-16)15(19)20/h6-10H,5H2,1-4H3,(H,19,20). The van der Waals surface area contributed by atoms with Gasteiger partial charge in [0.1, 0.15) is 4.88 Å². The van der Waals surface area contributed by atoms with Crippen LogP contribution in [0.15, 0.2) is 24.3 Å². The van der Waals surface area contributed by atoms with Gasteiger partial charge < -0.3 is 10.0 Å². The number of nitrogens with zero attached hydrogens (tertiary/aromatic N) is 2. The molecule has 0 atom stereocenters. The number of anilines is 2. The van der Waals surface area contributed by atoms with Gasteiger partial charge in [-0.05, 0) is 30.0 Å². The molecule has 5 heteroatoms. The van der Waals surface area contributed by atoms with Crippen molar-refractivity contribution in [2.24, 2.45) is 0 Å². The summed E-state index contributed by atoms with van der Waals surface area (Å²) in [6.45, 7) is 6.04. The van der Waals surface area contributed by atoms with Crippen LogP contribution in [0.5, 0.6) is 0 Å². The van der Waals surface area contributed by atoms with Gasteiger partial charge >= 0.3 is 5.97 Å². The van der Waals surface area contributed by atoms with Crippen molar-refractivity contribution in [3.8, 4) is 0 Å². The van der Waals surface area contributed by atoms with Crippen LogP contribution >= 0.6 is 11.3 Å². The third kappa shape index (κ3) is 3.24. The predicted octanol–water partition coefficient (Wildman–Crippen LogP) is 4.30. The highest BCUT2D eigenvalue weighted by Gasteiger charge is 2.21. The van der Waals surface area contributed by atoms with Crippen LogP contribution in [0.4, 0.5) is 10.8 Å². The predicted molar refractivity (Wildman–Crippen MR) is 87.0 cm³/mol. The minimum atomic E-state index is -0.905. The van der Waals surface area contributed by atoms with Crippen LogP contribution in [0.3, 0.4) is 0 Å². The number of benzene rings is 1. The zero-order chi connectivity index (χ0) is 15.6. The van der Waals surface area contributed by atoms with E-state index in [2.05, 4.69) is 24.0 Å². The Morgan fingerprint density at radius 1 is 1.33 bits per heavy atom. The van der Waals surface area contributed by atoms with E-state index in [0.717, 1.165) is 12.1 Å². The lowest BCUT2D eigenvalue weighted by molar-refractivity contribution is 0.0700. The second-order valence-corrected chi connectivity index (χ2v) is 6.23. The minimum Gasteiger partial charge on any atom is -0.477 e. The Morgan fingerprint density at radius 3 is 2.38 bits per heavy atom. The third-order valence-electron chi connectivity index (χ3n) is 3.40. The van der Waals surface area contributed by atoms with Crippen LogP contribution in [0.2, 0.25) is 0 Å². The molecule has 0 aliphatic heterocycles. The summed E-state index contributed by atoms with van der Waals surface area (Å²) in [5.41, 5.74) is 2.94. The highest BCUT2D eigenvalue weighted by molar-refractivity contribution is 7.17. The molecule has 2 rings (SSSR count). The zero-order valence-electron chi connectivity index (χ0n) is 12.8. The minimum absolute atomic E-state index is 0.0944. The van der Waals surface area contributed by atoms with Crippen molar-refractivity contribution in [3.05, 3.63) is 40.4 Å². The smallest absolute Gasteiger partial charge is 0.347 e. The van der Waals surface area contributed by atoms with E-state index in [4.69, 9.17) is 0 Å². The highest BCUT2D eigenvalue weighted by atomic mass is 32.1. The first kappa shape index (κ1) is 15.5. The summed E-state index contributed by atoms with van der Waals surface area (Å²) >= 11 is 1.22. The molecule has 1 aromatic heterocycles. The number of rotatable bonds is 5. The summed E-state index contributed by atoms with van der Waals surface area (Å²) < 4.78 is 0. The quantitative estimate of drug-likeness (QED) is 0.895. The number of thiazole rings is 1. The van der Waals surface area contributed by atoms with E-state index in [9.17, 15) is 9.90 Å². The lowest BCUT2D eigenvalue weighted by atomic mass is 10.1. The van der Waals surface area contributed by atoms with Gasteiger partial charge in [0.15, 0.2) is 5.13 Å². The van der Waals surface area contributed by atoms with Crippen molar-refractivity contribution in [1.29, 1.82) is 0 Å². The number of aromatic nitrogens is 1. The van der Waals surface area contributed by atoms with Gasteiger partial charge in [-0.2, -0.15) is 0 Å². The molecule has 0 amide bonds. The summed E-state index contributed by atoms with van der Waals surface area (Å²) in [6, 6.07) is 8.24. The van der Waals surface area contributed by atoms with Gasteiger partial charge in [-0.25, -0.2) is 9.78 Å². The molecule has 0 aliphatic carbocycles. The van der Waals surface area contributed by atoms with E-state index < -0.39 is 5.97 Å². The summed E-state index contributed by atoms with van der Waals surface area (Å²) in [5, 5.41) is 10.0. The van der Waals surface area contributed by atoms with E-state index in [1.165, 1.54) is 16.9 Å². The lowest BCUT2D eigenvalue weighted by Gasteiger charge is -2.16. The Morgan fingerprint density at radius 2 is 1.95 bits per heavy atom. The SMILES string of the molecule is CCc1ccc(N(C)c2nc(C(C)C)c(C(=O)O)s2)cc1. The highest BCUT2D eigenvalue weighted by Crippen LogP contribution is 2.33. The Hall–Kier alpha value is -1.88. The number of carbonyl (C=O) groups is 1. The first-order valence-corrected chi connectivity index (χ1v) is 7.82. The maximum atomic E-state index is 11.3. The molecule has 112 valence electrons. The summed E-state index contributed by atoms with van der Waals surface area (Å²) in [4.78, 5) is 18.1. The molecular weight excluding hydrogens is 284 g/mol. The number of hydrogen-bond donors (Lipinski definition) is 1. The fourth-order valence-corrected chi connectivity index (χ4v) is 3.12. The maximum Gasteiger partial charge on any atom is 0.347 e. The molecule has 2 aromatic rings. The monoisotopic (exact) mass is 304 g/mol. The fraction of sp³-hybridized carbons (Fsp3) is 0.375. The van der Waals surface area contributed by atoms with Gasteiger partial charge in [-0.15, -0.1) is 0 Å². The molecule has 0 aliphatic rings.